The lowest BCUT2D eigenvalue weighted by Crippen LogP contribution is -2.13. The largest absolute Gasteiger partial charge is 0.497 e. The minimum atomic E-state index is -3.99. The van der Waals surface area contributed by atoms with Crippen molar-refractivity contribution in [2.24, 2.45) is 0 Å². The van der Waals surface area contributed by atoms with E-state index in [0.29, 0.717) is 28.3 Å². The van der Waals surface area contributed by atoms with Gasteiger partial charge in [0, 0.05) is 29.4 Å². The standard InChI is InChI=1S/C23H23NO6S/c1-15-5-6-16(2)22(11-15)31(26,27)30-19-9-7-17(8-10-19)23(25)24-18-12-20(28-3)14-21(13-18)29-4/h5-14H,1-4H3,(H,24,25). The van der Waals surface area contributed by atoms with Crippen molar-refractivity contribution in [1.82, 2.24) is 0 Å². The lowest BCUT2D eigenvalue weighted by atomic mass is 10.2. The molecule has 162 valence electrons. The van der Waals surface area contributed by atoms with Crippen molar-refractivity contribution in [3.05, 3.63) is 77.4 Å². The Bertz CT molecular complexity index is 1180. The summed E-state index contributed by atoms with van der Waals surface area (Å²) in [6, 6.07) is 16.0. The molecule has 8 heteroatoms. The van der Waals surface area contributed by atoms with Crippen LogP contribution >= 0.6 is 0 Å². The van der Waals surface area contributed by atoms with E-state index in [4.69, 9.17) is 13.7 Å². The molecule has 0 aliphatic heterocycles. The molecule has 0 saturated carbocycles. The fourth-order valence-electron chi connectivity index (χ4n) is 2.89. The van der Waals surface area contributed by atoms with E-state index >= 15 is 0 Å². The van der Waals surface area contributed by atoms with Crippen LogP contribution in [0.25, 0.3) is 0 Å². The van der Waals surface area contributed by atoms with Crippen LogP contribution in [-0.2, 0) is 10.1 Å². The Morgan fingerprint density at radius 1 is 0.806 bits per heavy atom. The second kappa shape index (κ2) is 9.09. The number of carbonyl (C=O) groups is 1. The monoisotopic (exact) mass is 441 g/mol. The summed E-state index contributed by atoms with van der Waals surface area (Å²) in [7, 11) is -0.953. The molecule has 0 saturated heterocycles. The van der Waals surface area contributed by atoms with Gasteiger partial charge in [0.05, 0.1) is 14.2 Å². The Labute approximate surface area is 181 Å². The Morgan fingerprint density at radius 2 is 1.42 bits per heavy atom. The van der Waals surface area contributed by atoms with Gasteiger partial charge < -0.3 is 19.0 Å². The molecule has 0 aromatic heterocycles. The topological polar surface area (TPSA) is 90.9 Å². The average molecular weight is 442 g/mol. The number of hydrogen-bond acceptors (Lipinski definition) is 6. The van der Waals surface area contributed by atoms with Gasteiger partial charge in [0.2, 0.25) is 0 Å². The molecule has 3 aromatic rings. The van der Waals surface area contributed by atoms with Crippen LogP contribution in [0.1, 0.15) is 21.5 Å². The molecule has 0 radical (unpaired) electrons. The molecule has 3 rings (SSSR count). The first-order valence-corrected chi connectivity index (χ1v) is 10.8. The fourth-order valence-corrected chi connectivity index (χ4v) is 4.14. The molecule has 0 unspecified atom stereocenters. The highest BCUT2D eigenvalue weighted by Gasteiger charge is 2.20. The highest BCUT2D eigenvalue weighted by molar-refractivity contribution is 7.87. The van der Waals surface area contributed by atoms with Crippen molar-refractivity contribution in [1.29, 1.82) is 0 Å². The van der Waals surface area contributed by atoms with Crippen LogP contribution in [0.4, 0.5) is 5.69 Å². The zero-order valence-electron chi connectivity index (χ0n) is 17.6. The third kappa shape index (κ3) is 5.35. The van der Waals surface area contributed by atoms with Gasteiger partial charge in [0.25, 0.3) is 5.91 Å². The molecule has 0 aliphatic rings. The number of ether oxygens (including phenoxy) is 2. The maximum Gasteiger partial charge on any atom is 0.339 e. The van der Waals surface area contributed by atoms with Gasteiger partial charge in [0.1, 0.15) is 22.1 Å². The highest BCUT2D eigenvalue weighted by Crippen LogP contribution is 2.27. The SMILES string of the molecule is COc1cc(NC(=O)c2ccc(OS(=O)(=O)c3cc(C)ccc3C)cc2)cc(OC)c1. The lowest BCUT2D eigenvalue weighted by Gasteiger charge is -2.11. The minimum Gasteiger partial charge on any atom is -0.497 e. The molecular weight excluding hydrogens is 418 g/mol. The van der Waals surface area contributed by atoms with Gasteiger partial charge >= 0.3 is 10.1 Å². The van der Waals surface area contributed by atoms with Gasteiger partial charge in [-0.05, 0) is 55.3 Å². The number of rotatable bonds is 7. The first-order chi connectivity index (χ1) is 14.7. The molecule has 0 bridgehead atoms. The van der Waals surface area contributed by atoms with Crippen LogP contribution in [0.3, 0.4) is 0 Å². The number of aryl methyl sites for hydroxylation is 2. The number of benzene rings is 3. The van der Waals surface area contributed by atoms with Crippen LogP contribution in [0.2, 0.25) is 0 Å². The average Bonchev–Trinajstić information content (AvgIpc) is 2.75. The molecule has 7 nitrogen and oxygen atoms in total. The van der Waals surface area contributed by atoms with Gasteiger partial charge in [-0.15, -0.1) is 0 Å². The molecule has 31 heavy (non-hydrogen) atoms. The van der Waals surface area contributed by atoms with Gasteiger partial charge in [-0.2, -0.15) is 8.42 Å². The first kappa shape index (κ1) is 22.2. The summed E-state index contributed by atoms with van der Waals surface area (Å²) in [4.78, 5) is 12.7. The second-order valence-electron chi connectivity index (χ2n) is 6.89. The van der Waals surface area contributed by atoms with Crippen molar-refractivity contribution in [3.63, 3.8) is 0 Å². The third-order valence-electron chi connectivity index (χ3n) is 4.54. The first-order valence-electron chi connectivity index (χ1n) is 9.38. The fraction of sp³-hybridized carbons (Fsp3) is 0.174. The van der Waals surface area contributed by atoms with E-state index in [1.54, 1.807) is 37.3 Å². The van der Waals surface area contributed by atoms with E-state index in [2.05, 4.69) is 5.32 Å². The van der Waals surface area contributed by atoms with E-state index in [-0.39, 0.29) is 16.6 Å². The summed E-state index contributed by atoms with van der Waals surface area (Å²) >= 11 is 0. The van der Waals surface area contributed by atoms with Crippen molar-refractivity contribution in [2.45, 2.75) is 18.7 Å². The maximum absolute atomic E-state index is 12.6. The normalized spacial score (nSPS) is 11.0. The summed E-state index contributed by atoms with van der Waals surface area (Å²) in [5.74, 6) is 0.810. The lowest BCUT2D eigenvalue weighted by molar-refractivity contribution is 0.102. The van der Waals surface area contributed by atoms with Crippen molar-refractivity contribution >= 4 is 21.7 Å². The highest BCUT2D eigenvalue weighted by atomic mass is 32.2. The third-order valence-corrected chi connectivity index (χ3v) is 5.94. The summed E-state index contributed by atoms with van der Waals surface area (Å²) in [5, 5.41) is 2.76. The van der Waals surface area contributed by atoms with Gasteiger partial charge in [-0.1, -0.05) is 12.1 Å². The molecule has 0 heterocycles. The second-order valence-corrected chi connectivity index (χ2v) is 8.40. The Morgan fingerprint density at radius 3 is 2.00 bits per heavy atom. The van der Waals surface area contributed by atoms with E-state index in [1.807, 2.05) is 13.0 Å². The smallest absolute Gasteiger partial charge is 0.339 e. The van der Waals surface area contributed by atoms with Gasteiger partial charge in [0.15, 0.2) is 0 Å². The summed E-state index contributed by atoms with van der Waals surface area (Å²) in [5.41, 5.74) is 2.24. The van der Waals surface area contributed by atoms with Gasteiger partial charge in [-0.3, -0.25) is 4.79 Å². The van der Waals surface area contributed by atoms with E-state index in [0.717, 1.165) is 5.56 Å². The summed E-state index contributed by atoms with van der Waals surface area (Å²) in [6.45, 7) is 3.51. The van der Waals surface area contributed by atoms with Crippen molar-refractivity contribution in [3.8, 4) is 17.2 Å². The number of nitrogens with one attached hydrogen (secondary N) is 1. The van der Waals surface area contributed by atoms with E-state index < -0.39 is 10.1 Å². The quantitative estimate of drug-likeness (QED) is 0.549. The predicted molar refractivity (Wildman–Crippen MR) is 118 cm³/mol. The molecule has 0 aliphatic carbocycles. The number of carbonyl (C=O) groups excluding carboxylic acids is 1. The molecule has 0 spiro atoms. The molecule has 1 N–H and O–H groups in total. The number of anilines is 1. The summed E-state index contributed by atoms with van der Waals surface area (Å²) in [6.07, 6.45) is 0. The zero-order chi connectivity index (χ0) is 22.6. The van der Waals surface area contributed by atoms with Crippen molar-refractivity contribution < 1.29 is 26.9 Å². The molecular formula is C23H23NO6S. The molecule has 1 amide bonds. The minimum absolute atomic E-state index is 0.112. The zero-order valence-corrected chi connectivity index (χ0v) is 18.4. The summed E-state index contributed by atoms with van der Waals surface area (Å²) < 4.78 is 40.9. The van der Waals surface area contributed by atoms with E-state index in [9.17, 15) is 13.2 Å². The number of amides is 1. The van der Waals surface area contributed by atoms with Gasteiger partial charge in [-0.25, -0.2) is 0 Å². The molecule has 0 atom stereocenters. The van der Waals surface area contributed by atoms with Crippen LogP contribution in [0, 0.1) is 13.8 Å². The Kier molecular flexibility index (Phi) is 6.50. The Balaban J connectivity index is 1.75. The van der Waals surface area contributed by atoms with E-state index in [1.165, 1.54) is 38.5 Å². The Hall–Kier alpha value is -3.52. The van der Waals surface area contributed by atoms with Crippen molar-refractivity contribution in [2.75, 3.05) is 19.5 Å². The predicted octanol–water partition coefficient (Wildman–Crippen LogP) is 4.34. The van der Waals surface area contributed by atoms with Crippen LogP contribution in [0.15, 0.2) is 65.6 Å². The maximum atomic E-state index is 12.6. The van der Waals surface area contributed by atoms with Crippen LogP contribution in [0.5, 0.6) is 17.2 Å². The number of hydrogen-bond donors (Lipinski definition) is 1. The molecule has 3 aromatic carbocycles. The number of methoxy groups -OCH3 is 2. The molecule has 0 fully saturated rings. The van der Waals surface area contributed by atoms with Crippen LogP contribution in [-0.4, -0.2) is 28.5 Å². The van der Waals surface area contributed by atoms with Crippen LogP contribution < -0.4 is 19.0 Å².